The molecule has 0 aromatic heterocycles. The minimum Gasteiger partial charge on any atom is -0.480 e. The molecule has 9 heteroatoms. The summed E-state index contributed by atoms with van der Waals surface area (Å²) in [6, 6.07) is -1.71. The number of benzene rings is 1. The monoisotopic (exact) mass is 281 g/mol. The van der Waals surface area contributed by atoms with E-state index < -0.39 is 53.4 Å². The molecule has 0 unspecified atom stereocenters. The van der Waals surface area contributed by atoms with Crippen LogP contribution in [-0.4, -0.2) is 34.7 Å². The van der Waals surface area contributed by atoms with Crippen molar-refractivity contribution >= 4 is 11.9 Å². The zero-order valence-corrected chi connectivity index (χ0v) is 9.08. The van der Waals surface area contributed by atoms with Crippen LogP contribution >= 0.6 is 0 Å². The molecule has 0 spiro atoms. The van der Waals surface area contributed by atoms with Gasteiger partial charge in [0.25, 0.3) is 5.91 Å². The summed E-state index contributed by atoms with van der Waals surface area (Å²) in [7, 11) is 0. The third-order valence-electron chi connectivity index (χ3n) is 2.13. The topological polar surface area (TPSA) is 86.6 Å². The molecule has 0 heterocycles. The van der Waals surface area contributed by atoms with Crippen LogP contribution in [0.3, 0.4) is 0 Å². The van der Waals surface area contributed by atoms with Crippen molar-refractivity contribution in [3.8, 4) is 0 Å². The van der Waals surface area contributed by atoms with Crippen LogP contribution in [0, 0.1) is 23.3 Å². The van der Waals surface area contributed by atoms with Crippen molar-refractivity contribution in [1.29, 1.82) is 0 Å². The number of hydrogen-bond donors (Lipinski definition) is 3. The molecule has 1 rings (SSSR count). The van der Waals surface area contributed by atoms with E-state index in [0.717, 1.165) is 0 Å². The van der Waals surface area contributed by atoms with Gasteiger partial charge in [-0.1, -0.05) is 0 Å². The molecule has 0 aliphatic rings. The zero-order valence-electron chi connectivity index (χ0n) is 9.08. The molecule has 0 fully saturated rings. The number of nitrogens with one attached hydrogen (secondary N) is 1. The Morgan fingerprint density at radius 2 is 1.74 bits per heavy atom. The van der Waals surface area contributed by atoms with Crippen LogP contribution in [0.4, 0.5) is 17.6 Å². The first-order chi connectivity index (χ1) is 8.79. The Labute approximate surface area is 103 Å². The number of halogens is 4. The lowest BCUT2D eigenvalue weighted by molar-refractivity contribution is -0.140. The van der Waals surface area contributed by atoms with E-state index in [0.29, 0.717) is 0 Å². The van der Waals surface area contributed by atoms with Crippen molar-refractivity contribution < 1.29 is 37.4 Å². The molecule has 0 saturated carbocycles. The number of hydrogen-bond acceptors (Lipinski definition) is 3. The van der Waals surface area contributed by atoms with E-state index in [-0.39, 0.29) is 6.07 Å². The van der Waals surface area contributed by atoms with E-state index in [1.807, 2.05) is 0 Å². The van der Waals surface area contributed by atoms with E-state index in [1.54, 1.807) is 5.32 Å². The van der Waals surface area contributed by atoms with E-state index in [9.17, 15) is 27.2 Å². The molecule has 0 saturated heterocycles. The molecule has 0 aliphatic carbocycles. The van der Waals surface area contributed by atoms with Gasteiger partial charge in [0.15, 0.2) is 29.3 Å². The molecular weight excluding hydrogens is 274 g/mol. The fraction of sp³-hybridized carbons (Fsp3) is 0.200. The number of rotatable bonds is 4. The van der Waals surface area contributed by atoms with Crippen LogP contribution in [0.15, 0.2) is 6.07 Å². The van der Waals surface area contributed by atoms with Crippen LogP contribution in [-0.2, 0) is 4.79 Å². The number of amides is 1. The Morgan fingerprint density at radius 3 is 2.21 bits per heavy atom. The fourth-order valence-corrected chi connectivity index (χ4v) is 1.16. The van der Waals surface area contributed by atoms with Crippen molar-refractivity contribution in [2.45, 2.75) is 6.04 Å². The van der Waals surface area contributed by atoms with Gasteiger partial charge in [-0.25, -0.2) is 22.4 Å². The van der Waals surface area contributed by atoms with E-state index in [1.165, 1.54) is 0 Å². The Balaban J connectivity index is 3.11. The van der Waals surface area contributed by atoms with Gasteiger partial charge < -0.3 is 15.5 Å². The number of aliphatic carboxylic acids is 1. The van der Waals surface area contributed by atoms with Crippen molar-refractivity contribution in [2.24, 2.45) is 0 Å². The second kappa shape index (κ2) is 5.65. The van der Waals surface area contributed by atoms with Gasteiger partial charge in [0.1, 0.15) is 0 Å². The molecule has 1 amide bonds. The van der Waals surface area contributed by atoms with Crippen LogP contribution in [0.1, 0.15) is 10.4 Å². The highest BCUT2D eigenvalue weighted by Gasteiger charge is 2.26. The molecular formula is C10H7F4NO4. The summed E-state index contributed by atoms with van der Waals surface area (Å²) < 4.78 is 51.5. The average Bonchev–Trinajstić information content (AvgIpc) is 2.36. The van der Waals surface area contributed by atoms with Gasteiger partial charge in [0, 0.05) is 0 Å². The van der Waals surface area contributed by atoms with Crippen molar-refractivity contribution in [3.05, 3.63) is 34.9 Å². The molecule has 1 aromatic carbocycles. The highest BCUT2D eigenvalue weighted by molar-refractivity contribution is 5.96. The molecule has 5 nitrogen and oxygen atoms in total. The summed E-state index contributed by atoms with van der Waals surface area (Å²) in [6.07, 6.45) is 0. The van der Waals surface area contributed by atoms with Crippen molar-refractivity contribution in [1.82, 2.24) is 5.32 Å². The highest BCUT2D eigenvalue weighted by atomic mass is 19.2. The van der Waals surface area contributed by atoms with Gasteiger partial charge in [-0.15, -0.1) is 0 Å². The van der Waals surface area contributed by atoms with Gasteiger partial charge in [0.2, 0.25) is 0 Å². The molecule has 0 radical (unpaired) electrons. The fourth-order valence-electron chi connectivity index (χ4n) is 1.16. The van der Waals surface area contributed by atoms with E-state index >= 15 is 0 Å². The highest BCUT2D eigenvalue weighted by Crippen LogP contribution is 2.18. The van der Waals surface area contributed by atoms with Gasteiger partial charge in [0.05, 0.1) is 12.2 Å². The summed E-state index contributed by atoms with van der Waals surface area (Å²) in [6.45, 7) is -1.02. The van der Waals surface area contributed by atoms with Gasteiger partial charge in [-0.05, 0) is 6.07 Å². The van der Waals surface area contributed by atoms with E-state index in [4.69, 9.17) is 10.2 Å². The Hall–Kier alpha value is -2.16. The molecule has 1 aromatic rings. The van der Waals surface area contributed by atoms with E-state index in [2.05, 4.69) is 0 Å². The maximum absolute atomic E-state index is 13.2. The summed E-state index contributed by atoms with van der Waals surface area (Å²) in [4.78, 5) is 21.9. The van der Waals surface area contributed by atoms with Crippen LogP contribution in [0.25, 0.3) is 0 Å². The molecule has 0 bridgehead atoms. The lowest BCUT2D eigenvalue weighted by atomic mass is 10.1. The average molecular weight is 281 g/mol. The number of carbonyl (C=O) groups excluding carboxylic acids is 1. The van der Waals surface area contributed by atoms with Crippen LogP contribution < -0.4 is 5.32 Å². The van der Waals surface area contributed by atoms with Crippen LogP contribution in [0.5, 0.6) is 0 Å². The number of carbonyl (C=O) groups is 2. The zero-order chi connectivity index (χ0) is 14.7. The first-order valence-electron chi connectivity index (χ1n) is 4.77. The normalized spacial score (nSPS) is 12.1. The van der Waals surface area contributed by atoms with Gasteiger partial charge in [-0.3, -0.25) is 4.79 Å². The second-order valence-electron chi connectivity index (χ2n) is 3.39. The molecule has 19 heavy (non-hydrogen) atoms. The first kappa shape index (κ1) is 14.9. The van der Waals surface area contributed by atoms with Crippen LogP contribution in [0.2, 0.25) is 0 Å². The largest absolute Gasteiger partial charge is 0.480 e. The Morgan fingerprint density at radius 1 is 1.16 bits per heavy atom. The minimum atomic E-state index is -2.19. The van der Waals surface area contributed by atoms with Gasteiger partial charge in [-0.2, -0.15) is 0 Å². The third kappa shape index (κ3) is 2.99. The second-order valence-corrected chi connectivity index (χ2v) is 3.39. The molecule has 104 valence electrons. The smallest absolute Gasteiger partial charge is 0.328 e. The number of aliphatic hydroxyl groups excluding tert-OH is 1. The maximum atomic E-state index is 13.2. The lowest BCUT2D eigenvalue weighted by Gasteiger charge is -2.12. The van der Waals surface area contributed by atoms with Crippen molar-refractivity contribution in [3.63, 3.8) is 0 Å². The summed E-state index contributed by atoms with van der Waals surface area (Å²) in [5, 5.41) is 18.7. The molecule has 1 atom stereocenters. The van der Waals surface area contributed by atoms with Crippen molar-refractivity contribution in [2.75, 3.05) is 6.61 Å². The summed E-state index contributed by atoms with van der Waals surface area (Å²) >= 11 is 0. The lowest BCUT2D eigenvalue weighted by Crippen LogP contribution is -2.43. The Bertz CT molecular complexity index is 535. The first-order valence-corrected chi connectivity index (χ1v) is 4.77. The third-order valence-corrected chi connectivity index (χ3v) is 2.13. The summed E-state index contributed by atoms with van der Waals surface area (Å²) in [5.41, 5.74) is -1.21. The predicted octanol–water partition coefficient (Wildman–Crippen LogP) is 0.418. The maximum Gasteiger partial charge on any atom is 0.328 e. The number of carboxylic acids is 1. The quantitative estimate of drug-likeness (QED) is 0.424. The minimum absolute atomic E-state index is 0.0827. The standard InChI is InChI=1S/C10H7F4NO4/c11-4-1-3(6(12)8(14)7(4)13)9(17)15-5(2-16)10(18)19/h1,5,16H,2H2,(H,15,17)(H,18,19)/t5-/m0/s1. The molecule has 0 aliphatic heterocycles. The molecule has 3 N–H and O–H groups in total. The predicted molar refractivity (Wildman–Crippen MR) is 52.2 cm³/mol. The summed E-state index contributed by atoms with van der Waals surface area (Å²) in [5.74, 6) is -11.2. The SMILES string of the molecule is O=C(N[C@@H](CO)C(=O)O)c1cc(F)c(F)c(F)c1F. The van der Waals surface area contributed by atoms with Gasteiger partial charge >= 0.3 is 5.97 Å². The number of carboxylic acid groups (broad SMARTS) is 1. The Kier molecular flexibility index (Phi) is 4.43. The number of aliphatic hydroxyl groups is 1.